The normalized spacial score (nSPS) is 17.3. The molecule has 0 radical (unpaired) electrons. The van der Waals surface area contributed by atoms with Gasteiger partial charge in [-0.15, -0.1) is 23.1 Å². The number of para-hydroxylation sites is 1. The van der Waals surface area contributed by atoms with E-state index in [-0.39, 0.29) is 11.8 Å². The molecule has 0 unspecified atom stereocenters. The molecule has 6 heteroatoms. The number of aryl methyl sites for hydroxylation is 1. The van der Waals surface area contributed by atoms with Gasteiger partial charge in [0.25, 0.3) is 0 Å². The number of hydrogen-bond donors (Lipinski definition) is 1. The van der Waals surface area contributed by atoms with Crippen molar-refractivity contribution in [2.75, 3.05) is 16.9 Å². The molecule has 0 spiro atoms. The molecule has 1 aromatic carbocycles. The molecule has 1 N–H and O–H groups in total. The third kappa shape index (κ3) is 3.76. The number of benzene rings is 1. The van der Waals surface area contributed by atoms with Gasteiger partial charge in [-0.05, 0) is 30.0 Å². The summed E-state index contributed by atoms with van der Waals surface area (Å²) in [6.45, 7) is 1.96. The zero-order chi connectivity index (χ0) is 16.2. The summed E-state index contributed by atoms with van der Waals surface area (Å²) in [5.74, 6) is 1.13. The molecule has 4 nitrogen and oxygen atoms in total. The zero-order valence-electron chi connectivity index (χ0n) is 12.8. The number of nitrogens with zero attached hydrogens (tertiary/aromatic N) is 1. The van der Waals surface area contributed by atoms with E-state index < -0.39 is 6.04 Å². The Balaban J connectivity index is 1.67. The first kappa shape index (κ1) is 16.1. The van der Waals surface area contributed by atoms with E-state index in [0.717, 1.165) is 16.1 Å². The largest absolute Gasteiger partial charge is 0.324 e. The predicted molar refractivity (Wildman–Crippen MR) is 95.8 cm³/mol. The number of thioether (sulfide) groups is 1. The summed E-state index contributed by atoms with van der Waals surface area (Å²) in [5, 5.41) is 4.91. The topological polar surface area (TPSA) is 49.4 Å². The monoisotopic (exact) mass is 346 g/mol. The Hall–Kier alpha value is -1.79. The van der Waals surface area contributed by atoms with Crippen molar-refractivity contribution in [3.05, 3.63) is 52.2 Å². The van der Waals surface area contributed by atoms with Crippen molar-refractivity contribution in [3.8, 4) is 0 Å². The van der Waals surface area contributed by atoms with E-state index in [1.54, 1.807) is 28.0 Å². The number of nitrogens with one attached hydrogen (secondary N) is 1. The Kier molecular flexibility index (Phi) is 5.03. The Labute approximate surface area is 143 Å². The second-order valence-corrected chi connectivity index (χ2v) is 7.47. The highest BCUT2D eigenvalue weighted by atomic mass is 32.2. The van der Waals surface area contributed by atoms with Crippen molar-refractivity contribution in [1.82, 2.24) is 4.90 Å². The van der Waals surface area contributed by atoms with E-state index in [1.165, 1.54) is 0 Å². The van der Waals surface area contributed by atoms with Gasteiger partial charge in [0, 0.05) is 16.3 Å². The summed E-state index contributed by atoms with van der Waals surface area (Å²) in [5.41, 5.74) is 1.82. The highest BCUT2D eigenvalue weighted by Crippen LogP contribution is 2.24. The lowest BCUT2D eigenvalue weighted by atomic mass is 10.2. The van der Waals surface area contributed by atoms with Gasteiger partial charge in [0.1, 0.15) is 6.04 Å². The Morgan fingerprint density at radius 2 is 2.09 bits per heavy atom. The van der Waals surface area contributed by atoms with Crippen molar-refractivity contribution >= 4 is 40.6 Å². The number of anilines is 1. The SMILES string of the molecule is Cc1ccccc1NC(=O)[C@H]1CSCN1C(=O)Cc1cccs1. The van der Waals surface area contributed by atoms with Crippen LogP contribution in [0.15, 0.2) is 41.8 Å². The molecule has 120 valence electrons. The summed E-state index contributed by atoms with van der Waals surface area (Å²) >= 11 is 3.19. The molecule has 1 aromatic heterocycles. The first-order valence-corrected chi connectivity index (χ1v) is 9.44. The van der Waals surface area contributed by atoms with Crippen molar-refractivity contribution in [2.24, 2.45) is 0 Å². The van der Waals surface area contributed by atoms with Crippen LogP contribution < -0.4 is 5.32 Å². The van der Waals surface area contributed by atoms with Crippen molar-refractivity contribution in [3.63, 3.8) is 0 Å². The first-order valence-electron chi connectivity index (χ1n) is 7.41. The predicted octanol–water partition coefficient (Wildman–Crippen LogP) is 3.14. The van der Waals surface area contributed by atoms with Crippen LogP contribution in [0.3, 0.4) is 0 Å². The fraction of sp³-hybridized carbons (Fsp3) is 0.294. The Morgan fingerprint density at radius 1 is 1.26 bits per heavy atom. The third-order valence-electron chi connectivity index (χ3n) is 3.81. The molecule has 2 heterocycles. The van der Waals surface area contributed by atoms with E-state index in [1.807, 2.05) is 48.7 Å². The number of carbonyl (C=O) groups is 2. The smallest absolute Gasteiger partial charge is 0.248 e. The summed E-state index contributed by atoms with van der Waals surface area (Å²) in [4.78, 5) is 27.8. The van der Waals surface area contributed by atoms with Crippen molar-refractivity contribution < 1.29 is 9.59 Å². The highest BCUT2D eigenvalue weighted by Gasteiger charge is 2.34. The lowest BCUT2D eigenvalue weighted by Crippen LogP contribution is -2.45. The molecule has 0 bridgehead atoms. The number of thiophene rings is 1. The minimum atomic E-state index is -0.396. The summed E-state index contributed by atoms with van der Waals surface area (Å²) in [7, 11) is 0. The van der Waals surface area contributed by atoms with E-state index in [4.69, 9.17) is 0 Å². The molecule has 1 atom stereocenters. The molecule has 3 rings (SSSR count). The van der Waals surface area contributed by atoms with Crippen LogP contribution in [0.25, 0.3) is 0 Å². The van der Waals surface area contributed by atoms with Crippen LogP contribution in [-0.2, 0) is 16.0 Å². The van der Waals surface area contributed by atoms with Crippen LogP contribution in [0, 0.1) is 6.92 Å². The maximum Gasteiger partial charge on any atom is 0.248 e. The van der Waals surface area contributed by atoms with Gasteiger partial charge in [-0.25, -0.2) is 0 Å². The molecule has 2 aromatic rings. The molecular formula is C17H18N2O2S2. The summed E-state index contributed by atoms with van der Waals surface area (Å²) in [6.07, 6.45) is 0.367. The number of amides is 2. The molecule has 0 saturated carbocycles. The van der Waals surface area contributed by atoms with Gasteiger partial charge in [-0.1, -0.05) is 24.3 Å². The van der Waals surface area contributed by atoms with Gasteiger partial charge in [0.2, 0.25) is 11.8 Å². The average molecular weight is 346 g/mol. The van der Waals surface area contributed by atoms with Gasteiger partial charge in [-0.3, -0.25) is 9.59 Å². The van der Waals surface area contributed by atoms with Crippen LogP contribution in [0.4, 0.5) is 5.69 Å². The average Bonchev–Trinajstić information content (AvgIpc) is 3.20. The number of rotatable bonds is 4. The van der Waals surface area contributed by atoms with Gasteiger partial charge < -0.3 is 10.2 Å². The quantitative estimate of drug-likeness (QED) is 0.925. The van der Waals surface area contributed by atoms with Gasteiger partial charge in [0.15, 0.2) is 0 Å². The number of carbonyl (C=O) groups excluding carboxylic acids is 2. The highest BCUT2D eigenvalue weighted by molar-refractivity contribution is 7.99. The fourth-order valence-electron chi connectivity index (χ4n) is 2.50. The van der Waals surface area contributed by atoms with Crippen molar-refractivity contribution in [2.45, 2.75) is 19.4 Å². The Morgan fingerprint density at radius 3 is 2.83 bits per heavy atom. The second-order valence-electron chi connectivity index (χ2n) is 5.44. The van der Waals surface area contributed by atoms with Crippen LogP contribution in [0.1, 0.15) is 10.4 Å². The van der Waals surface area contributed by atoms with E-state index in [9.17, 15) is 9.59 Å². The fourth-order valence-corrected chi connectivity index (χ4v) is 4.38. The molecule has 1 fully saturated rings. The lowest BCUT2D eigenvalue weighted by molar-refractivity contribution is -0.135. The molecule has 2 amide bonds. The van der Waals surface area contributed by atoms with Crippen molar-refractivity contribution in [1.29, 1.82) is 0 Å². The minimum absolute atomic E-state index is 0.0161. The van der Waals surface area contributed by atoms with Crippen LogP contribution in [0.5, 0.6) is 0 Å². The zero-order valence-corrected chi connectivity index (χ0v) is 14.5. The summed E-state index contributed by atoms with van der Waals surface area (Å²) < 4.78 is 0. The molecule has 1 aliphatic heterocycles. The van der Waals surface area contributed by atoms with E-state index >= 15 is 0 Å². The number of hydrogen-bond acceptors (Lipinski definition) is 4. The van der Waals surface area contributed by atoms with E-state index in [2.05, 4.69) is 5.32 Å². The molecular weight excluding hydrogens is 328 g/mol. The molecule has 1 aliphatic rings. The minimum Gasteiger partial charge on any atom is -0.324 e. The maximum absolute atomic E-state index is 12.6. The van der Waals surface area contributed by atoms with Crippen LogP contribution in [-0.4, -0.2) is 34.4 Å². The van der Waals surface area contributed by atoms with Gasteiger partial charge >= 0.3 is 0 Å². The first-order chi connectivity index (χ1) is 11.1. The second kappa shape index (κ2) is 7.19. The van der Waals surface area contributed by atoms with Crippen LogP contribution >= 0.6 is 23.1 Å². The lowest BCUT2D eigenvalue weighted by Gasteiger charge is -2.23. The van der Waals surface area contributed by atoms with Gasteiger partial charge in [0.05, 0.1) is 12.3 Å². The standard InChI is InChI=1S/C17H18N2O2S2/c1-12-5-2-3-7-14(12)18-17(21)15-10-22-11-19(15)16(20)9-13-6-4-8-23-13/h2-8,15H,9-11H2,1H3,(H,18,21)/t15-/m1/s1. The Bertz CT molecular complexity index is 700. The molecule has 23 heavy (non-hydrogen) atoms. The summed E-state index contributed by atoms with van der Waals surface area (Å²) in [6, 6.07) is 11.2. The molecule has 1 saturated heterocycles. The van der Waals surface area contributed by atoms with Crippen LogP contribution in [0.2, 0.25) is 0 Å². The van der Waals surface area contributed by atoms with E-state index in [0.29, 0.717) is 18.1 Å². The third-order valence-corrected chi connectivity index (χ3v) is 5.70. The van der Waals surface area contributed by atoms with Gasteiger partial charge in [-0.2, -0.15) is 0 Å². The maximum atomic E-state index is 12.6. The molecule has 0 aliphatic carbocycles.